The van der Waals surface area contributed by atoms with Gasteiger partial charge in [0.05, 0.1) is 31.7 Å². The summed E-state index contributed by atoms with van der Waals surface area (Å²) in [7, 11) is 0. The van der Waals surface area contributed by atoms with E-state index in [-0.39, 0.29) is 18.5 Å². The first-order valence-electron chi connectivity index (χ1n) is 18.7. The molecular weight excluding hydrogens is 620 g/mol. The second-order valence-corrected chi connectivity index (χ2v) is 13.2. The molecule has 1 aromatic carbocycles. The van der Waals surface area contributed by atoms with E-state index in [2.05, 4.69) is 36.0 Å². The molecule has 1 amide bonds. The quantitative estimate of drug-likeness (QED) is 0.0892. The summed E-state index contributed by atoms with van der Waals surface area (Å²) < 4.78 is 25.0. The Morgan fingerprint density at radius 1 is 0.980 bits per heavy atom. The van der Waals surface area contributed by atoms with E-state index in [0.29, 0.717) is 57.0 Å². The van der Waals surface area contributed by atoms with Crippen LogP contribution in [0.5, 0.6) is 11.6 Å². The van der Waals surface area contributed by atoms with E-state index in [4.69, 9.17) is 35.4 Å². The molecule has 2 aromatic rings. The number of hydrogen-bond acceptors (Lipinski definition) is 10. The number of ether oxygens (including phenoxy) is 4. The summed E-state index contributed by atoms with van der Waals surface area (Å²) in [5.41, 5.74) is 14.7. The maximum Gasteiger partial charge on any atom is 0.305 e. The van der Waals surface area contributed by atoms with Gasteiger partial charge in [-0.3, -0.25) is 4.79 Å². The maximum absolute atomic E-state index is 13.8. The number of benzene rings is 1. The lowest BCUT2D eigenvalue weighted by molar-refractivity contribution is -0.391. The maximum atomic E-state index is 13.8. The molecule has 2 unspecified atom stereocenters. The van der Waals surface area contributed by atoms with E-state index in [1.54, 1.807) is 6.20 Å². The molecule has 1 fully saturated rings. The molecule has 11 nitrogen and oxygen atoms in total. The molecule has 5 N–H and O–H groups in total. The highest BCUT2D eigenvalue weighted by Gasteiger charge is 2.43. The largest absolute Gasteiger partial charge is 0.439 e. The molecule has 2 heterocycles. The molecule has 11 heteroatoms. The molecule has 2 aliphatic rings. The number of unbranched alkanes of at least 4 members (excludes halogenated alkanes) is 3. The normalized spacial score (nSPS) is 16.5. The minimum Gasteiger partial charge on any atom is -0.439 e. The number of fused-ring (bicyclic) bond motifs is 1. The molecule has 0 radical (unpaired) electrons. The van der Waals surface area contributed by atoms with E-state index in [9.17, 15) is 4.79 Å². The van der Waals surface area contributed by atoms with E-state index in [1.807, 2.05) is 36.4 Å². The first-order chi connectivity index (χ1) is 23.9. The van der Waals surface area contributed by atoms with Gasteiger partial charge < -0.3 is 40.6 Å². The summed E-state index contributed by atoms with van der Waals surface area (Å²) in [6, 6.07) is 10.9. The van der Waals surface area contributed by atoms with Gasteiger partial charge in [0.2, 0.25) is 11.8 Å². The fourth-order valence-electron chi connectivity index (χ4n) is 6.60. The average molecular weight is 681 g/mol. The van der Waals surface area contributed by atoms with Crippen molar-refractivity contribution in [3.05, 3.63) is 48.2 Å². The predicted molar refractivity (Wildman–Crippen MR) is 193 cm³/mol. The highest BCUT2D eigenvalue weighted by Crippen LogP contribution is 2.36. The van der Waals surface area contributed by atoms with Crippen molar-refractivity contribution >= 4 is 17.6 Å². The SMILES string of the molecule is CCCCOC(OCCCC)(OCCCC)C(CN)NC(=O)CCC(C1CCCCC1)N1Cc2cc(Oc3ccccc3)ncc2N=C1N. The summed E-state index contributed by atoms with van der Waals surface area (Å²) in [6.45, 7) is 8.37. The molecule has 49 heavy (non-hydrogen) atoms. The first-order valence-corrected chi connectivity index (χ1v) is 18.7. The zero-order valence-electron chi connectivity index (χ0n) is 30.0. The van der Waals surface area contributed by atoms with Crippen LogP contribution in [0.2, 0.25) is 0 Å². The standard InChI is InChI=1S/C38H60N6O5/c1-4-7-22-46-38(47-23-8-5-2,48-24-9-6-3)34(26-39)43-35(45)21-20-33(29-16-12-10-13-17-29)44-28-30-25-36(41-27-32(30)42-37(44)40)49-31-18-14-11-15-19-31/h11,14-15,18-19,25,27,29,33-34H,4-10,12-13,16-17,20-24,26,28,39H2,1-3H3,(H2,40,42)(H,43,45). The van der Waals surface area contributed by atoms with Crippen molar-refractivity contribution in [2.24, 2.45) is 22.4 Å². The van der Waals surface area contributed by atoms with Crippen LogP contribution in [0.4, 0.5) is 5.69 Å². The molecule has 1 aliphatic carbocycles. The topological polar surface area (TPSA) is 147 Å². The Morgan fingerprint density at radius 3 is 2.20 bits per heavy atom. The first kappa shape index (κ1) is 38.6. The van der Waals surface area contributed by atoms with Gasteiger partial charge in [-0.2, -0.15) is 0 Å². The van der Waals surface area contributed by atoms with Gasteiger partial charge in [0.1, 0.15) is 11.8 Å². The molecule has 1 saturated carbocycles. The molecule has 1 aromatic heterocycles. The van der Waals surface area contributed by atoms with Crippen molar-refractivity contribution in [1.82, 2.24) is 15.2 Å². The van der Waals surface area contributed by atoms with Gasteiger partial charge in [0.25, 0.3) is 0 Å². The van der Waals surface area contributed by atoms with Crippen molar-refractivity contribution in [2.75, 3.05) is 26.4 Å². The smallest absolute Gasteiger partial charge is 0.305 e. The fourth-order valence-corrected chi connectivity index (χ4v) is 6.60. The lowest BCUT2D eigenvalue weighted by Gasteiger charge is -2.41. The van der Waals surface area contributed by atoms with Crippen LogP contribution < -0.4 is 21.5 Å². The predicted octanol–water partition coefficient (Wildman–Crippen LogP) is 6.91. The fraction of sp³-hybridized carbons (Fsp3) is 0.658. The zero-order chi connectivity index (χ0) is 34.9. The highest BCUT2D eigenvalue weighted by molar-refractivity contribution is 5.84. The Labute approximate surface area is 293 Å². The van der Waals surface area contributed by atoms with Crippen LogP contribution in [-0.2, 0) is 25.5 Å². The number of guanidine groups is 1. The second-order valence-electron chi connectivity index (χ2n) is 13.2. The Bertz CT molecular complexity index is 1260. The van der Waals surface area contributed by atoms with Crippen molar-refractivity contribution in [2.45, 2.75) is 129 Å². The van der Waals surface area contributed by atoms with Crippen LogP contribution in [0.1, 0.15) is 110 Å². The molecule has 0 saturated heterocycles. The third kappa shape index (κ3) is 11.4. The van der Waals surface area contributed by atoms with E-state index in [1.165, 1.54) is 19.3 Å². The second kappa shape index (κ2) is 20.4. The molecule has 2 atom stereocenters. The number of carbonyl (C=O) groups excluding carboxylic acids is 1. The number of nitrogens with one attached hydrogen (secondary N) is 1. The molecule has 4 rings (SSSR count). The number of rotatable bonds is 22. The van der Waals surface area contributed by atoms with Crippen molar-refractivity contribution in [3.63, 3.8) is 0 Å². The Morgan fingerprint density at radius 2 is 1.61 bits per heavy atom. The zero-order valence-corrected chi connectivity index (χ0v) is 30.0. The molecular formula is C38H60N6O5. The highest BCUT2D eigenvalue weighted by atomic mass is 16.9. The lowest BCUT2D eigenvalue weighted by atomic mass is 9.81. The number of nitrogens with two attached hydrogens (primary N) is 2. The summed E-state index contributed by atoms with van der Waals surface area (Å²) in [5, 5.41) is 3.16. The van der Waals surface area contributed by atoms with E-state index < -0.39 is 12.0 Å². The number of para-hydroxylation sites is 1. The van der Waals surface area contributed by atoms with Crippen molar-refractivity contribution < 1.29 is 23.7 Å². The minimum absolute atomic E-state index is 0.0399. The van der Waals surface area contributed by atoms with Crippen LogP contribution in [0.25, 0.3) is 0 Å². The minimum atomic E-state index is -1.44. The van der Waals surface area contributed by atoms with Crippen LogP contribution >= 0.6 is 0 Å². The van der Waals surface area contributed by atoms with Crippen molar-refractivity contribution in [3.8, 4) is 11.6 Å². The number of amides is 1. The molecule has 0 bridgehead atoms. The van der Waals surface area contributed by atoms with Crippen LogP contribution in [-0.4, -0.2) is 66.2 Å². The van der Waals surface area contributed by atoms with Crippen LogP contribution in [0, 0.1) is 5.92 Å². The summed E-state index contributed by atoms with van der Waals surface area (Å²) in [4.78, 5) is 25.2. The third-order valence-electron chi connectivity index (χ3n) is 9.44. The van der Waals surface area contributed by atoms with Gasteiger partial charge in [-0.25, -0.2) is 9.98 Å². The van der Waals surface area contributed by atoms with Crippen molar-refractivity contribution in [1.29, 1.82) is 0 Å². The summed E-state index contributed by atoms with van der Waals surface area (Å²) in [6.07, 6.45) is 13.8. The third-order valence-corrected chi connectivity index (χ3v) is 9.44. The number of pyridine rings is 1. The van der Waals surface area contributed by atoms with Gasteiger partial charge in [-0.1, -0.05) is 77.5 Å². The number of nitrogens with zero attached hydrogens (tertiary/aromatic N) is 3. The number of hydrogen-bond donors (Lipinski definition) is 3. The van der Waals surface area contributed by atoms with Crippen LogP contribution in [0.15, 0.2) is 47.6 Å². The Kier molecular flexibility index (Phi) is 16.1. The van der Waals surface area contributed by atoms with Gasteiger partial charge in [-0.15, -0.1) is 0 Å². The van der Waals surface area contributed by atoms with E-state index >= 15 is 0 Å². The average Bonchev–Trinajstić information content (AvgIpc) is 3.12. The lowest BCUT2D eigenvalue weighted by Crippen LogP contribution is -2.61. The monoisotopic (exact) mass is 680 g/mol. The Hall–Kier alpha value is -3.25. The van der Waals surface area contributed by atoms with Gasteiger partial charge in [0, 0.05) is 37.2 Å². The van der Waals surface area contributed by atoms with E-state index in [0.717, 1.165) is 68.4 Å². The number of aliphatic imine (C=N–C) groups is 1. The van der Waals surface area contributed by atoms with Gasteiger partial charge in [0.15, 0.2) is 5.96 Å². The summed E-state index contributed by atoms with van der Waals surface area (Å²) >= 11 is 0. The molecule has 0 spiro atoms. The van der Waals surface area contributed by atoms with Gasteiger partial charge in [-0.05, 0) is 56.6 Å². The van der Waals surface area contributed by atoms with Crippen LogP contribution in [0.3, 0.4) is 0 Å². The number of carbonyl (C=O) groups is 1. The molecule has 1 aliphatic heterocycles. The molecule has 272 valence electrons. The van der Waals surface area contributed by atoms with Gasteiger partial charge >= 0.3 is 5.97 Å². The summed E-state index contributed by atoms with van der Waals surface area (Å²) in [5.74, 6) is 0.531. The Balaban J connectivity index is 1.50. The number of aromatic nitrogens is 1.